The molecule has 31 heavy (non-hydrogen) atoms. The number of phenolic OH excluding ortho intramolecular Hbond substituents is 1. The molecular formula is C23H35IN6O. The summed E-state index contributed by atoms with van der Waals surface area (Å²) >= 11 is 0. The molecular weight excluding hydrogens is 503 g/mol. The number of halogens is 1. The summed E-state index contributed by atoms with van der Waals surface area (Å²) in [6.45, 7) is 5.39. The summed E-state index contributed by atoms with van der Waals surface area (Å²) in [6, 6.07) is 4.24. The van der Waals surface area contributed by atoms with Crippen LogP contribution in [0, 0.1) is 0 Å². The van der Waals surface area contributed by atoms with Crippen LogP contribution in [0.15, 0.2) is 29.5 Å². The molecule has 0 spiro atoms. The first-order valence-corrected chi connectivity index (χ1v) is 11.2. The summed E-state index contributed by atoms with van der Waals surface area (Å²) < 4.78 is 1.85. The molecule has 2 aliphatic rings. The van der Waals surface area contributed by atoms with Crippen LogP contribution in [0.25, 0.3) is 0 Å². The number of piperidine rings is 1. The van der Waals surface area contributed by atoms with Crippen molar-refractivity contribution in [3.8, 4) is 5.75 Å². The maximum absolute atomic E-state index is 10.5. The van der Waals surface area contributed by atoms with Crippen molar-refractivity contribution in [2.24, 2.45) is 12.0 Å². The standard InChI is InChI=1S/C23H34N6O.HI/c1-3-24-23(25-14-21-20-9-5-4-7-17(20)10-11-22(21)30)27-18-8-6-12-29(15-18)19-13-26-28(2)16-19;/h10-11,13,16,18,30H,3-9,12,14-15H2,1-2H3,(H2,24,25,27);1H. The largest absolute Gasteiger partial charge is 0.508 e. The molecule has 0 radical (unpaired) electrons. The normalized spacial score (nSPS) is 18.8. The summed E-state index contributed by atoms with van der Waals surface area (Å²) in [5, 5.41) is 21.8. The number of guanidine groups is 1. The van der Waals surface area contributed by atoms with Gasteiger partial charge in [0.1, 0.15) is 5.75 Å². The molecule has 1 aromatic carbocycles. The van der Waals surface area contributed by atoms with Gasteiger partial charge in [-0.25, -0.2) is 4.99 Å². The van der Waals surface area contributed by atoms with Gasteiger partial charge in [-0.1, -0.05) is 6.07 Å². The number of anilines is 1. The lowest BCUT2D eigenvalue weighted by Crippen LogP contribution is -2.51. The molecule has 1 atom stereocenters. The van der Waals surface area contributed by atoms with Crippen molar-refractivity contribution in [2.75, 3.05) is 24.5 Å². The molecule has 8 heteroatoms. The van der Waals surface area contributed by atoms with Crippen molar-refractivity contribution in [3.63, 3.8) is 0 Å². The summed E-state index contributed by atoms with van der Waals surface area (Å²) in [4.78, 5) is 7.23. The van der Waals surface area contributed by atoms with Crippen molar-refractivity contribution in [1.29, 1.82) is 0 Å². The number of benzene rings is 1. The Kier molecular flexibility index (Phi) is 8.45. The minimum atomic E-state index is 0. The third-order valence-corrected chi connectivity index (χ3v) is 6.18. The third kappa shape index (κ3) is 5.84. The highest BCUT2D eigenvalue weighted by Gasteiger charge is 2.22. The second-order valence-electron chi connectivity index (χ2n) is 8.40. The van der Waals surface area contributed by atoms with Crippen LogP contribution in [-0.4, -0.2) is 46.5 Å². The fraction of sp³-hybridized carbons (Fsp3) is 0.565. The molecule has 0 amide bonds. The SMILES string of the molecule is CCNC(=NCc1c(O)ccc2c1CCCC2)NC1CCCN(c2cnn(C)c2)C1.I. The van der Waals surface area contributed by atoms with Gasteiger partial charge in [0.05, 0.1) is 18.4 Å². The predicted octanol–water partition coefficient (Wildman–Crippen LogP) is 3.35. The first kappa shape index (κ1) is 23.7. The van der Waals surface area contributed by atoms with Gasteiger partial charge in [0, 0.05) is 44.5 Å². The Balaban J connectivity index is 0.00000272. The second-order valence-corrected chi connectivity index (χ2v) is 8.40. The molecule has 2 aromatic rings. The van der Waals surface area contributed by atoms with Crippen LogP contribution >= 0.6 is 24.0 Å². The van der Waals surface area contributed by atoms with Crippen LogP contribution in [0.4, 0.5) is 5.69 Å². The molecule has 1 fully saturated rings. The molecule has 1 aliphatic carbocycles. The first-order valence-electron chi connectivity index (χ1n) is 11.2. The van der Waals surface area contributed by atoms with Crippen LogP contribution in [0.5, 0.6) is 5.75 Å². The molecule has 2 heterocycles. The summed E-state index contributed by atoms with van der Waals surface area (Å²) in [5.74, 6) is 1.19. The van der Waals surface area contributed by atoms with Crippen molar-refractivity contribution < 1.29 is 5.11 Å². The molecule has 0 bridgehead atoms. The van der Waals surface area contributed by atoms with Crippen LogP contribution in [0.3, 0.4) is 0 Å². The quantitative estimate of drug-likeness (QED) is 0.309. The van der Waals surface area contributed by atoms with E-state index in [-0.39, 0.29) is 24.0 Å². The number of fused-ring (bicyclic) bond motifs is 1. The number of aromatic nitrogens is 2. The Morgan fingerprint density at radius 2 is 2.10 bits per heavy atom. The van der Waals surface area contributed by atoms with Gasteiger partial charge in [-0.05, 0) is 62.6 Å². The zero-order valence-electron chi connectivity index (χ0n) is 18.6. The molecule has 1 aromatic heterocycles. The van der Waals surface area contributed by atoms with E-state index < -0.39 is 0 Å². The lowest BCUT2D eigenvalue weighted by molar-refractivity contribution is 0.463. The highest BCUT2D eigenvalue weighted by Crippen LogP contribution is 2.31. The third-order valence-electron chi connectivity index (χ3n) is 6.18. The Labute approximate surface area is 202 Å². The van der Waals surface area contributed by atoms with Crippen molar-refractivity contribution in [3.05, 3.63) is 41.2 Å². The van der Waals surface area contributed by atoms with Gasteiger partial charge < -0.3 is 20.6 Å². The molecule has 4 rings (SSSR count). The predicted molar refractivity (Wildman–Crippen MR) is 137 cm³/mol. The van der Waals surface area contributed by atoms with E-state index in [9.17, 15) is 5.11 Å². The van der Waals surface area contributed by atoms with Crippen molar-refractivity contribution in [1.82, 2.24) is 20.4 Å². The smallest absolute Gasteiger partial charge is 0.191 e. The molecule has 7 nitrogen and oxygen atoms in total. The molecule has 1 saturated heterocycles. The molecule has 1 unspecified atom stereocenters. The van der Waals surface area contributed by atoms with Gasteiger partial charge in [-0.3, -0.25) is 4.68 Å². The van der Waals surface area contributed by atoms with Crippen LogP contribution in [0.1, 0.15) is 49.3 Å². The zero-order chi connectivity index (χ0) is 20.9. The van der Waals surface area contributed by atoms with Gasteiger partial charge in [0.2, 0.25) is 0 Å². The highest BCUT2D eigenvalue weighted by atomic mass is 127. The van der Waals surface area contributed by atoms with Gasteiger partial charge in [0.15, 0.2) is 5.96 Å². The van der Waals surface area contributed by atoms with Gasteiger partial charge in [0.25, 0.3) is 0 Å². The molecule has 0 saturated carbocycles. The number of nitrogens with one attached hydrogen (secondary N) is 2. The average Bonchev–Trinajstić information content (AvgIpc) is 3.20. The van der Waals surface area contributed by atoms with E-state index >= 15 is 0 Å². The van der Waals surface area contributed by atoms with E-state index in [0.717, 1.165) is 56.8 Å². The Hall–Kier alpha value is -1.97. The van der Waals surface area contributed by atoms with Crippen LogP contribution < -0.4 is 15.5 Å². The van der Waals surface area contributed by atoms with E-state index in [4.69, 9.17) is 4.99 Å². The maximum atomic E-state index is 10.5. The minimum Gasteiger partial charge on any atom is -0.508 e. The van der Waals surface area contributed by atoms with E-state index in [1.165, 1.54) is 29.7 Å². The lowest BCUT2D eigenvalue weighted by Gasteiger charge is -2.34. The Morgan fingerprint density at radius 3 is 2.87 bits per heavy atom. The van der Waals surface area contributed by atoms with E-state index in [2.05, 4.69) is 39.8 Å². The van der Waals surface area contributed by atoms with E-state index in [0.29, 0.717) is 18.3 Å². The van der Waals surface area contributed by atoms with E-state index in [1.54, 1.807) is 0 Å². The average molecular weight is 538 g/mol. The highest BCUT2D eigenvalue weighted by molar-refractivity contribution is 14.0. The number of aliphatic imine (C=N–C) groups is 1. The van der Waals surface area contributed by atoms with Crippen LogP contribution in [-0.2, 0) is 26.4 Å². The van der Waals surface area contributed by atoms with E-state index in [1.807, 2.05) is 24.0 Å². The summed E-state index contributed by atoms with van der Waals surface area (Å²) in [5.41, 5.74) is 4.85. The Morgan fingerprint density at radius 1 is 1.26 bits per heavy atom. The van der Waals surface area contributed by atoms with Gasteiger partial charge >= 0.3 is 0 Å². The molecule has 3 N–H and O–H groups in total. The van der Waals surface area contributed by atoms with Crippen molar-refractivity contribution in [2.45, 2.75) is 58.0 Å². The topological polar surface area (TPSA) is 77.7 Å². The van der Waals surface area contributed by atoms with Gasteiger partial charge in [-0.2, -0.15) is 5.10 Å². The molecule has 1 aliphatic heterocycles. The number of rotatable bonds is 5. The first-order chi connectivity index (χ1) is 14.6. The number of hydrogen-bond acceptors (Lipinski definition) is 4. The molecule has 170 valence electrons. The van der Waals surface area contributed by atoms with Gasteiger partial charge in [-0.15, -0.1) is 24.0 Å². The Bertz CT molecular complexity index is 896. The lowest BCUT2D eigenvalue weighted by atomic mass is 9.88. The minimum absolute atomic E-state index is 0. The van der Waals surface area contributed by atoms with Crippen molar-refractivity contribution >= 4 is 35.6 Å². The number of aromatic hydroxyl groups is 1. The summed E-state index contributed by atoms with van der Waals surface area (Å²) in [7, 11) is 1.96. The number of hydrogen-bond donors (Lipinski definition) is 3. The summed E-state index contributed by atoms with van der Waals surface area (Å²) in [6.07, 6.45) is 10.8. The monoisotopic (exact) mass is 538 g/mol. The zero-order valence-corrected chi connectivity index (χ0v) is 20.9. The number of phenols is 1. The fourth-order valence-electron chi connectivity index (χ4n) is 4.64. The number of nitrogens with zero attached hydrogens (tertiary/aromatic N) is 4. The number of aryl methyl sites for hydroxylation is 2. The fourth-order valence-corrected chi connectivity index (χ4v) is 4.64. The second kappa shape index (κ2) is 11.1. The maximum Gasteiger partial charge on any atom is 0.191 e. The van der Waals surface area contributed by atoms with Crippen LogP contribution in [0.2, 0.25) is 0 Å².